The Labute approximate surface area is 63.2 Å². The van der Waals surface area contributed by atoms with E-state index in [0.29, 0.717) is 0 Å². The van der Waals surface area contributed by atoms with E-state index in [1.807, 2.05) is 0 Å². The lowest BCUT2D eigenvalue weighted by Crippen LogP contribution is -2.55. The van der Waals surface area contributed by atoms with Crippen LogP contribution in [0.15, 0.2) is 0 Å². The highest BCUT2D eigenvalue weighted by molar-refractivity contribution is 5.77. The molecule has 0 aliphatic rings. The van der Waals surface area contributed by atoms with Gasteiger partial charge in [0.2, 0.25) is 0 Å². The van der Waals surface area contributed by atoms with Crippen molar-refractivity contribution in [3.05, 3.63) is 0 Å². The van der Waals surface area contributed by atoms with Crippen molar-refractivity contribution in [2.45, 2.75) is 6.04 Å². The predicted octanol–water partition coefficient (Wildman–Crippen LogP) is -3.74. The molecular formula is C5H8N2O4-2. The highest BCUT2D eigenvalue weighted by Gasteiger charge is 2.06. The lowest BCUT2D eigenvalue weighted by atomic mass is 10.3. The van der Waals surface area contributed by atoms with Crippen LogP contribution in [0.25, 0.3) is 0 Å². The molecule has 0 aliphatic heterocycles. The molecule has 64 valence electrons. The largest absolute Gasteiger partial charge is 0.548 e. The average Bonchev–Trinajstić information content (AvgIpc) is 1.86. The number of carbonyl (C=O) groups is 2. The summed E-state index contributed by atoms with van der Waals surface area (Å²) in [5.41, 5.74) is 0. The first kappa shape index (κ1) is 9.70. The SMILES string of the molecule is CNC[C@H](NC(=O)[O-])C(=O)[O-]. The number of likely N-dealkylation sites (N-methyl/N-ethyl adjacent to an activating group) is 1. The first-order chi connectivity index (χ1) is 5.07. The monoisotopic (exact) mass is 160 g/mol. The van der Waals surface area contributed by atoms with Gasteiger partial charge in [0.15, 0.2) is 0 Å². The summed E-state index contributed by atoms with van der Waals surface area (Å²) in [6.45, 7) is -0.0314. The van der Waals surface area contributed by atoms with Gasteiger partial charge in [0.05, 0.1) is 12.0 Å². The van der Waals surface area contributed by atoms with Crippen LogP contribution in [0.3, 0.4) is 0 Å². The third-order valence-corrected chi connectivity index (χ3v) is 0.985. The molecule has 0 saturated heterocycles. The van der Waals surface area contributed by atoms with Crippen LogP contribution in [-0.2, 0) is 4.79 Å². The average molecular weight is 160 g/mol. The molecule has 1 amide bonds. The lowest BCUT2D eigenvalue weighted by Gasteiger charge is -2.20. The van der Waals surface area contributed by atoms with Crippen molar-refractivity contribution in [2.75, 3.05) is 13.6 Å². The fraction of sp³-hybridized carbons (Fsp3) is 0.600. The van der Waals surface area contributed by atoms with Gasteiger partial charge in [0.25, 0.3) is 0 Å². The molecule has 0 radical (unpaired) electrons. The Bertz CT molecular complexity index is 159. The highest BCUT2D eigenvalue weighted by Crippen LogP contribution is 1.76. The predicted molar refractivity (Wildman–Crippen MR) is 31.3 cm³/mol. The number of nitrogens with one attached hydrogen (secondary N) is 2. The molecule has 0 aromatic rings. The van der Waals surface area contributed by atoms with Gasteiger partial charge in [-0.25, -0.2) is 0 Å². The molecule has 1 atom stereocenters. The van der Waals surface area contributed by atoms with Crippen molar-refractivity contribution in [3.63, 3.8) is 0 Å². The van der Waals surface area contributed by atoms with E-state index in [4.69, 9.17) is 0 Å². The van der Waals surface area contributed by atoms with E-state index in [1.165, 1.54) is 7.05 Å². The Morgan fingerprint density at radius 1 is 1.45 bits per heavy atom. The van der Waals surface area contributed by atoms with Crippen molar-refractivity contribution in [1.29, 1.82) is 0 Å². The third kappa shape index (κ3) is 4.15. The van der Waals surface area contributed by atoms with Gasteiger partial charge in [-0.15, -0.1) is 0 Å². The number of hydrogen-bond acceptors (Lipinski definition) is 5. The zero-order valence-electron chi connectivity index (χ0n) is 5.92. The Balaban J connectivity index is 3.89. The van der Waals surface area contributed by atoms with Gasteiger partial charge in [-0.05, 0) is 7.05 Å². The van der Waals surface area contributed by atoms with Crippen molar-refractivity contribution in [3.8, 4) is 0 Å². The first-order valence-corrected chi connectivity index (χ1v) is 2.91. The molecule has 0 bridgehead atoms. The molecule has 0 rings (SSSR count). The fourth-order valence-corrected chi connectivity index (χ4v) is 0.540. The van der Waals surface area contributed by atoms with Crippen LogP contribution in [0, 0.1) is 0 Å². The van der Waals surface area contributed by atoms with Gasteiger partial charge in [-0.3, -0.25) is 0 Å². The van der Waals surface area contributed by atoms with Crippen LogP contribution < -0.4 is 20.8 Å². The number of carboxylic acids is 1. The molecule has 0 heterocycles. The number of carboxylic acid groups (broad SMARTS) is 2. The molecule has 6 heteroatoms. The Hall–Kier alpha value is -1.30. The van der Waals surface area contributed by atoms with Crippen molar-refractivity contribution < 1.29 is 19.8 Å². The molecule has 0 fully saturated rings. The van der Waals surface area contributed by atoms with E-state index >= 15 is 0 Å². The summed E-state index contributed by atoms with van der Waals surface area (Å²) in [6, 6.07) is -1.26. The molecular weight excluding hydrogens is 152 g/mol. The van der Waals surface area contributed by atoms with E-state index in [2.05, 4.69) is 5.32 Å². The van der Waals surface area contributed by atoms with Gasteiger partial charge < -0.3 is 30.4 Å². The van der Waals surface area contributed by atoms with Crippen LogP contribution in [0.1, 0.15) is 0 Å². The van der Waals surface area contributed by atoms with Gasteiger partial charge >= 0.3 is 0 Å². The van der Waals surface area contributed by atoms with Crippen LogP contribution in [0.5, 0.6) is 0 Å². The number of carbonyl (C=O) groups excluding carboxylic acids is 2. The van der Waals surface area contributed by atoms with Gasteiger partial charge in [-0.1, -0.05) is 0 Å². The molecule has 6 nitrogen and oxygen atoms in total. The van der Waals surface area contributed by atoms with Crippen LogP contribution in [0.2, 0.25) is 0 Å². The maximum absolute atomic E-state index is 10.1. The van der Waals surface area contributed by atoms with Crippen LogP contribution >= 0.6 is 0 Å². The molecule has 11 heavy (non-hydrogen) atoms. The lowest BCUT2D eigenvalue weighted by molar-refractivity contribution is -0.309. The van der Waals surface area contributed by atoms with Gasteiger partial charge in [-0.2, -0.15) is 0 Å². The highest BCUT2D eigenvalue weighted by atomic mass is 16.4. The second kappa shape index (κ2) is 4.51. The molecule has 0 saturated carbocycles. The molecule has 0 unspecified atom stereocenters. The molecule has 0 spiro atoms. The number of rotatable bonds is 4. The molecule has 0 aromatic heterocycles. The first-order valence-electron chi connectivity index (χ1n) is 2.91. The minimum atomic E-state index is -1.63. The maximum atomic E-state index is 10.1. The van der Waals surface area contributed by atoms with E-state index < -0.39 is 18.1 Å². The Morgan fingerprint density at radius 2 is 2.00 bits per heavy atom. The standard InChI is InChI=1S/C5H10N2O4/c1-6-2-3(4(8)9)7-5(10)11/h3,6-7H,2H2,1H3,(H,8,9)(H,10,11)/p-2/t3-/m0/s1. The summed E-state index contributed by atoms with van der Waals surface area (Å²) >= 11 is 0. The van der Waals surface area contributed by atoms with Crippen LogP contribution in [-0.4, -0.2) is 31.7 Å². The Kier molecular flexibility index (Phi) is 3.97. The van der Waals surface area contributed by atoms with Gasteiger partial charge in [0, 0.05) is 6.54 Å². The zero-order chi connectivity index (χ0) is 8.85. The summed E-state index contributed by atoms with van der Waals surface area (Å²) in [4.78, 5) is 20.0. The second-order valence-corrected chi connectivity index (χ2v) is 1.86. The quantitative estimate of drug-likeness (QED) is 0.439. The van der Waals surface area contributed by atoms with Crippen molar-refractivity contribution in [2.24, 2.45) is 0 Å². The van der Waals surface area contributed by atoms with Gasteiger partial charge in [0.1, 0.15) is 6.09 Å². The number of aliphatic carboxylic acids is 1. The Morgan fingerprint density at radius 3 is 2.27 bits per heavy atom. The zero-order valence-corrected chi connectivity index (χ0v) is 5.92. The molecule has 2 N–H and O–H groups in total. The summed E-state index contributed by atoms with van der Waals surface area (Å²) in [6.07, 6.45) is -1.63. The topological polar surface area (TPSA) is 104 Å². The van der Waals surface area contributed by atoms with E-state index in [-0.39, 0.29) is 6.54 Å². The maximum Gasteiger partial charge on any atom is 0.134 e. The summed E-state index contributed by atoms with van der Waals surface area (Å²) < 4.78 is 0. The van der Waals surface area contributed by atoms with E-state index in [9.17, 15) is 19.8 Å². The van der Waals surface area contributed by atoms with E-state index in [0.717, 1.165) is 0 Å². The minimum Gasteiger partial charge on any atom is -0.548 e. The van der Waals surface area contributed by atoms with Crippen LogP contribution in [0.4, 0.5) is 4.79 Å². The molecule has 0 aliphatic carbocycles. The minimum absolute atomic E-state index is 0.0314. The summed E-state index contributed by atoms with van der Waals surface area (Å²) in [7, 11) is 1.49. The second-order valence-electron chi connectivity index (χ2n) is 1.86. The number of hydrogen-bond donors (Lipinski definition) is 2. The smallest absolute Gasteiger partial charge is 0.134 e. The van der Waals surface area contributed by atoms with E-state index in [1.54, 1.807) is 5.32 Å². The third-order valence-electron chi connectivity index (χ3n) is 0.985. The normalized spacial score (nSPS) is 12.1. The van der Waals surface area contributed by atoms with Crippen molar-refractivity contribution in [1.82, 2.24) is 10.6 Å². The number of amides is 1. The van der Waals surface area contributed by atoms with Crippen molar-refractivity contribution >= 4 is 12.1 Å². The fourth-order valence-electron chi connectivity index (χ4n) is 0.540. The summed E-state index contributed by atoms with van der Waals surface area (Å²) in [5.74, 6) is -1.48. The summed E-state index contributed by atoms with van der Waals surface area (Å²) in [5, 5.41) is 24.1. The molecule has 0 aromatic carbocycles.